The molecule has 2 unspecified atom stereocenters. The summed E-state index contributed by atoms with van der Waals surface area (Å²) in [4.78, 5) is 11.3. The molecule has 1 aromatic rings. The number of anilines is 1. The van der Waals surface area contributed by atoms with Gasteiger partial charge in [-0.25, -0.2) is 0 Å². The molecular weight excluding hydrogens is 224 g/mol. The minimum Gasteiger partial charge on any atom is -0.384 e. The van der Waals surface area contributed by atoms with E-state index in [4.69, 9.17) is 0 Å². The molecule has 98 valence electrons. The van der Waals surface area contributed by atoms with Crippen molar-refractivity contribution in [1.82, 2.24) is 4.57 Å². The fraction of sp³-hybridized carbons (Fsp3) is 0.533. The molecule has 1 heterocycles. The standard InChI is InChI=1S/C15H22N2O/c1-11-6-12(2)8-13(7-11)9-16-14-4-5-15(18)17(3)10-14/h4-6,10-11,13,16H,7-9H2,1-3H3. The van der Waals surface area contributed by atoms with E-state index in [1.807, 2.05) is 12.3 Å². The van der Waals surface area contributed by atoms with Gasteiger partial charge < -0.3 is 9.88 Å². The summed E-state index contributed by atoms with van der Waals surface area (Å²) in [7, 11) is 1.78. The third-order valence-corrected chi connectivity index (χ3v) is 3.57. The first-order chi connectivity index (χ1) is 8.54. The van der Waals surface area contributed by atoms with Gasteiger partial charge in [-0.1, -0.05) is 18.6 Å². The second-order valence-corrected chi connectivity index (χ2v) is 5.54. The van der Waals surface area contributed by atoms with Crippen LogP contribution in [0.15, 0.2) is 34.8 Å². The van der Waals surface area contributed by atoms with Gasteiger partial charge in [-0.3, -0.25) is 4.79 Å². The van der Waals surface area contributed by atoms with Crippen molar-refractivity contribution in [2.75, 3.05) is 11.9 Å². The summed E-state index contributed by atoms with van der Waals surface area (Å²) < 4.78 is 1.61. The van der Waals surface area contributed by atoms with Gasteiger partial charge >= 0.3 is 0 Å². The lowest BCUT2D eigenvalue weighted by Crippen LogP contribution is -2.21. The molecule has 1 N–H and O–H groups in total. The Labute approximate surface area is 109 Å². The average molecular weight is 246 g/mol. The highest BCUT2D eigenvalue weighted by atomic mass is 16.1. The average Bonchev–Trinajstić information content (AvgIpc) is 2.29. The van der Waals surface area contributed by atoms with E-state index in [0.29, 0.717) is 11.8 Å². The van der Waals surface area contributed by atoms with Crippen LogP contribution in [0.1, 0.15) is 26.7 Å². The summed E-state index contributed by atoms with van der Waals surface area (Å²) >= 11 is 0. The number of hydrogen-bond donors (Lipinski definition) is 1. The molecule has 0 spiro atoms. The van der Waals surface area contributed by atoms with Crippen LogP contribution in [-0.2, 0) is 7.05 Å². The Balaban J connectivity index is 1.94. The van der Waals surface area contributed by atoms with Crippen LogP contribution in [0.4, 0.5) is 5.69 Å². The van der Waals surface area contributed by atoms with Crippen LogP contribution >= 0.6 is 0 Å². The number of nitrogens with zero attached hydrogens (tertiary/aromatic N) is 1. The first-order valence-electron chi connectivity index (χ1n) is 6.62. The van der Waals surface area contributed by atoms with Crippen molar-refractivity contribution in [3.05, 3.63) is 40.3 Å². The van der Waals surface area contributed by atoms with Crippen LogP contribution in [0.25, 0.3) is 0 Å². The molecule has 2 rings (SSSR count). The van der Waals surface area contributed by atoms with Crippen molar-refractivity contribution in [1.29, 1.82) is 0 Å². The topological polar surface area (TPSA) is 34.0 Å². The molecule has 2 atom stereocenters. The zero-order valence-corrected chi connectivity index (χ0v) is 11.4. The van der Waals surface area contributed by atoms with Gasteiger partial charge in [0, 0.05) is 25.9 Å². The van der Waals surface area contributed by atoms with Crippen LogP contribution in [0.2, 0.25) is 0 Å². The minimum absolute atomic E-state index is 0.0330. The number of nitrogens with one attached hydrogen (secondary N) is 1. The molecule has 0 saturated heterocycles. The van der Waals surface area contributed by atoms with Gasteiger partial charge in [0.05, 0.1) is 5.69 Å². The summed E-state index contributed by atoms with van der Waals surface area (Å²) in [6.07, 6.45) is 6.67. The monoisotopic (exact) mass is 246 g/mol. The molecule has 0 aliphatic heterocycles. The van der Waals surface area contributed by atoms with Gasteiger partial charge in [-0.15, -0.1) is 0 Å². The Morgan fingerprint density at radius 2 is 2.22 bits per heavy atom. The summed E-state index contributed by atoms with van der Waals surface area (Å²) in [5.41, 5.74) is 2.56. The maximum atomic E-state index is 11.3. The molecule has 0 bridgehead atoms. The van der Waals surface area contributed by atoms with Crippen LogP contribution in [0.5, 0.6) is 0 Å². The van der Waals surface area contributed by atoms with Crippen LogP contribution < -0.4 is 10.9 Å². The highest BCUT2D eigenvalue weighted by molar-refractivity contribution is 5.40. The van der Waals surface area contributed by atoms with Crippen LogP contribution in [0, 0.1) is 11.8 Å². The molecule has 1 aliphatic rings. The Hall–Kier alpha value is -1.51. The summed E-state index contributed by atoms with van der Waals surface area (Å²) in [5, 5.41) is 3.44. The lowest BCUT2D eigenvalue weighted by molar-refractivity contribution is 0.421. The third kappa shape index (κ3) is 3.25. The lowest BCUT2D eigenvalue weighted by atomic mass is 9.84. The second kappa shape index (κ2) is 5.42. The number of pyridine rings is 1. The van der Waals surface area contributed by atoms with Gasteiger partial charge in [-0.2, -0.15) is 0 Å². The minimum atomic E-state index is 0.0330. The van der Waals surface area contributed by atoms with Gasteiger partial charge in [0.25, 0.3) is 0 Å². The molecule has 0 fully saturated rings. The summed E-state index contributed by atoms with van der Waals surface area (Å²) in [5.74, 6) is 1.38. The number of allylic oxidation sites excluding steroid dienone is 2. The SMILES string of the molecule is CC1=CC(C)CC(CNc2ccc(=O)n(C)c2)C1. The van der Waals surface area contributed by atoms with Crippen molar-refractivity contribution in [3.63, 3.8) is 0 Å². The highest BCUT2D eigenvalue weighted by Crippen LogP contribution is 2.27. The van der Waals surface area contributed by atoms with Crippen molar-refractivity contribution in [2.45, 2.75) is 26.7 Å². The maximum Gasteiger partial charge on any atom is 0.250 e. The first kappa shape index (κ1) is 12.9. The van der Waals surface area contributed by atoms with E-state index in [0.717, 1.165) is 12.2 Å². The first-order valence-corrected chi connectivity index (χ1v) is 6.62. The Bertz CT molecular complexity index is 501. The van der Waals surface area contributed by atoms with E-state index in [2.05, 4.69) is 25.2 Å². The van der Waals surface area contributed by atoms with E-state index < -0.39 is 0 Å². The molecule has 1 aliphatic carbocycles. The van der Waals surface area contributed by atoms with Crippen LogP contribution in [-0.4, -0.2) is 11.1 Å². The number of aryl methyl sites for hydroxylation is 1. The fourth-order valence-electron chi connectivity index (χ4n) is 2.80. The smallest absolute Gasteiger partial charge is 0.250 e. The molecule has 0 radical (unpaired) electrons. The molecular formula is C15H22N2O. The molecule has 0 aromatic carbocycles. The van der Waals surface area contributed by atoms with Gasteiger partial charge in [0.1, 0.15) is 0 Å². The van der Waals surface area contributed by atoms with E-state index in [9.17, 15) is 4.79 Å². The predicted molar refractivity (Wildman–Crippen MR) is 75.8 cm³/mol. The number of hydrogen-bond acceptors (Lipinski definition) is 2. The highest BCUT2D eigenvalue weighted by Gasteiger charge is 2.17. The maximum absolute atomic E-state index is 11.3. The van der Waals surface area contributed by atoms with Gasteiger partial charge in [0.15, 0.2) is 0 Å². The van der Waals surface area contributed by atoms with E-state index in [-0.39, 0.29) is 5.56 Å². The second-order valence-electron chi connectivity index (χ2n) is 5.54. The largest absolute Gasteiger partial charge is 0.384 e. The van der Waals surface area contributed by atoms with Gasteiger partial charge in [0.2, 0.25) is 5.56 Å². The zero-order chi connectivity index (χ0) is 13.1. The van der Waals surface area contributed by atoms with Crippen LogP contribution in [0.3, 0.4) is 0 Å². The molecule has 3 nitrogen and oxygen atoms in total. The van der Waals surface area contributed by atoms with Crippen molar-refractivity contribution in [2.24, 2.45) is 18.9 Å². The normalized spacial score (nSPS) is 23.6. The van der Waals surface area contributed by atoms with E-state index in [1.54, 1.807) is 17.7 Å². The van der Waals surface area contributed by atoms with Crippen molar-refractivity contribution >= 4 is 5.69 Å². The molecule has 0 amide bonds. The summed E-state index contributed by atoms with van der Waals surface area (Å²) in [6, 6.07) is 3.47. The van der Waals surface area contributed by atoms with E-state index in [1.165, 1.54) is 18.4 Å². The predicted octanol–water partition coefficient (Wildman–Crippen LogP) is 2.79. The fourth-order valence-corrected chi connectivity index (χ4v) is 2.80. The quantitative estimate of drug-likeness (QED) is 0.832. The number of rotatable bonds is 3. The molecule has 1 aromatic heterocycles. The van der Waals surface area contributed by atoms with Gasteiger partial charge in [-0.05, 0) is 37.7 Å². The molecule has 3 heteroatoms. The zero-order valence-electron chi connectivity index (χ0n) is 11.4. The third-order valence-electron chi connectivity index (χ3n) is 3.57. The Kier molecular flexibility index (Phi) is 3.90. The lowest BCUT2D eigenvalue weighted by Gasteiger charge is -2.26. The Morgan fingerprint density at radius 1 is 1.44 bits per heavy atom. The molecule has 0 saturated carbocycles. The molecule has 18 heavy (non-hydrogen) atoms. The summed E-state index contributed by atoms with van der Waals surface area (Å²) in [6.45, 7) is 5.48. The van der Waals surface area contributed by atoms with E-state index >= 15 is 0 Å². The van der Waals surface area contributed by atoms with Crippen molar-refractivity contribution in [3.8, 4) is 0 Å². The van der Waals surface area contributed by atoms with Crippen molar-refractivity contribution < 1.29 is 0 Å². The number of aromatic nitrogens is 1. The Morgan fingerprint density at radius 3 is 2.89 bits per heavy atom.